The third kappa shape index (κ3) is 14.1. The van der Waals surface area contributed by atoms with Crippen LogP contribution in [-0.4, -0.2) is 64.6 Å². The predicted octanol–water partition coefficient (Wildman–Crippen LogP) is 11.4. The number of nitrogens with one attached hydrogen (secondary N) is 4. The maximum absolute atomic E-state index is 13.5. The first kappa shape index (κ1) is 50.8. The first-order chi connectivity index (χ1) is 31.6. The van der Waals surface area contributed by atoms with Crippen LogP contribution >= 0.6 is 58.0 Å². The van der Waals surface area contributed by atoms with Gasteiger partial charge in [0.05, 0.1) is 38.2 Å². The Morgan fingerprint density at radius 2 is 1.03 bits per heavy atom. The molecule has 5 aromatic carbocycles. The van der Waals surface area contributed by atoms with E-state index in [0.717, 1.165) is 25.0 Å². The number of hydrogen-bond donors (Lipinski definition) is 4. The van der Waals surface area contributed by atoms with Gasteiger partial charge in [-0.1, -0.05) is 71.2 Å². The highest BCUT2D eigenvalue weighted by Crippen LogP contribution is 2.32. The molecule has 0 heterocycles. The van der Waals surface area contributed by atoms with Gasteiger partial charge in [0.1, 0.15) is 5.75 Å². The zero-order chi connectivity index (χ0) is 47.9. The molecule has 0 aliphatic heterocycles. The van der Waals surface area contributed by atoms with Crippen LogP contribution in [0, 0.1) is 0 Å². The lowest BCUT2D eigenvalue weighted by Crippen LogP contribution is -2.32. The molecule has 5 rings (SSSR count). The fourth-order valence-corrected chi connectivity index (χ4v) is 6.99. The Bertz CT molecular complexity index is 2700. The van der Waals surface area contributed by atoms with E-state index in [2.05, 4.69) is 41.7 Å². The van der Waals surface area contributed by atoms with E-state index in [9.17, 15) is 28.8 Å². The van der Waals surface area contributed by atoms with Gasteiger partial charge in [-0.25, -0.2) is 0 Å². The summed E-state index contributed by atoms with van der Waals surface area (Å²) in [5, 5.41) is 27.1. The lowest BCUT2D eigenvalue weighted by molar-refractivity contribution is -0.127. The molecule has 0 bridgehead atoms. The van der Waals surface area contributed by atoms with Crippen molar-refractivity contribution in [2.45, 2.75) is 51.3 Å². The third-order valence-corrected chi connectivity index (χ3v) is 10.4. The summed E-state index contributed by atoms with van der Waals surface area (Å²) < 4.78 is 5.70. The molecular weight excluding hydrogens is 954 g/mol. The standard InChI is InChI=1S/C46H41Cl5N8O7/c1-25(60)41(58-56-31-12-15-35(50)33(22-31)43(62)53-37-10-6-4-8-28(37)18-20-47)45(64)52-30-14-17-39(40(24-30)66-27(3)49)55-46(65)42(26(2)61)59-57-32-13-16-36(51)34(23-32)44(63)54-38-11-7-5-9-29(38)19-21-48/h4-17,22-24,27,41-42H,18-21H2,1-3H3,(H,52,64)(H,53,62)(H,54,63)(H,55,65). The van der Waals surface area contributed by atoms with Crippen molar-refractivity contribution in [2.24, 2.45) is 20.5 Å². The first-order valence-corrected chi connectivity index (χ1v) is 22.2. The molecule has 0 saturated carbocycles. The average Bonchev–Trinajstić information content (AvgIpc) is 3.26. The van der Waals surface area contributed by atoms with E-state index in [4.69, 9.17) is 62.7 Å². The molecule has 3 atom stereocenters. The molecule has 66 heavy (non-hydrogen) atoms. The number of azo groups is 2. The van der Waals surface area contributed by atoms with Crippen LogP contribution in [0.15, 0.2) is 124 Å². The van der Waals surface area contributed by atoms with Crippen LogP contribution in [0.3, 0.4) is 0 Å². The van der Waals surface area contributed by atoms with Crippen LogP contribution in [0.4, 0.5) is 34.1 Å². The van der Waals surface area contributed by atoms with Gasteiger partial charge in [-0.2, -0.15) is 20.5 Å². The molecule has 4 amide bonds. The second-order valence-electron chi connectivity index (χ2n) is 14.2. The number of ether oxygens (including phenoxy) is 1. The Morgan fingerprint density at radius 3 is 1.47 bits per heavy atom. The molecule has 342 valence electrons. The molecule has 0 aliphatic rings. The number of aryl methyl sites for hydroxylation is 2. The smallest absolute Gasteiger partial charge is 0.258 e. The number of anilines is 4. The molecule has 4 N–H and O–H groups in total. The van der Waals surface area contributed by atoms with Crippen LogP contribution in [0.2, 0.25) is 10.0 Å². The minimum absolute atomic E-state index is 0.0258. The predicted molar refractivity (Wildman–Crippen MR) is 258 cm³/mol. The number of benzene rings is 5. The monoisotopic (exact) mass is 992 g/mol. The highest BCUT2D eigenvalue weighted by atomic mass is 35.5. The Kier molecular flexibility index (Phi) is 18.7. The molecule has 20 heteroatoms. The van der Waals surface area contributed by atoms with E-state index in [0.29, 0.717) is 36.0 Å². The molecule has 0 radical (unpaired) electrons. The fraction of sp³-hybridized carbons (Fsp3) is 0.217. The lowest BCUT2D eigenvalue weighted by atomic mass is 10.1. The SMILES string of the molecule is CC(=O)C(N=Nc1ccc(Cl)c(C(=O)Nc2ccccc2CCCl)c1)C(=O)Nc1ccc(NC(=O)C(N=Nc2ccc(Cl)c(C(=O)Nc3ccccc3CCCl)c2)C(C)=O)c(OC(C)Cl)c1. The van der Waals surface area contributed by atoms with Crippen molar-refractivity contribution in [1.82, 2.24) is 0 Å². The average molecular weight is 995 g/mol. The van der Waals surface area contributed by atoms with Gasteiger partial charge in [0.25, 0.3) is 23.6 Å². The van der Waals surface area contributed by atoms with Crippen molar-refractivity contribution in [1.29, 1.82) is 0 Å². The Hall–Kier alpha value is -6.23. The van der Waals surface area contributed by atoms with Crippen molar-refractivity contribution < 1.29 is 33.5 Å². The van der Waals surface area contributed by atoms with E-state index in [1.165, 1.54) is 61.5 Å². The molecule has 0 fully saturated rings. The number of amides is 4. The molecule has 0 aliphatic carbocycles. The Labute approximate surface area is 404 Å². The topological polar surface area (TPSA) is 209 Å². The highest BCUT2D eigenvalue weighted by Gasteiger charge is 2.27. The van der Waals surface area contributed by atoms with Crippen LogP contribution in [0.1, 0.15) is 52.6 Å². The van der Waals surface area contributed by atoms with E-state index in [-0.39, 0.29) is 49.7 Å². The maximum atomic E-state index is 13.5. The summed E-state index contributed by atoms with van der Waals surface area (Å²) in [6, 6.07) is 23.7. The molecule has 3 unspecified atom stereocenters. The Balaban J connectivity index is 1.29. The number of hydrogen-bond acceptors (Lipinski definition) is 11. The highest BCUT2D eigenvalue weighted by molar-refractivity contribution is 6.35. The van der Waals surface area contributed by atoms with Crippen molar-refractivity contribution >= 4 is 127 Å². The van der Waals surface area contributed by atoms with Crippen molar-refractivity contribution in [3.05, 3.63) is 135 Å². The maximum Gasteiger partial charge on any atom is 0.258 e. The summed E-state index contributed by atoms with van der Waals surface area (Å²) in [7, 11) is 0. The zero-order valence-electron chi connectivity index (χ0n) is 35.4. The second-order valence-corrected chi connectivity index (χ2v) is 16.4. The number of ketones is 2. The van der Waals surface area contributed by atoms with Crippen LogP contribution in [0.25, 0.3) is 0 Å². The van der Waals surface area contributed by atoms with Gasteiger partial charge in [-0.05, 0) is 105 Å². The lowest BCUT2D eigenvalue weighted by Gasteiger charge is -2.17. The summed E-state index contributed by atoms with van der Waals surface area (Å²) in [4.78, 5) is 78.8. The van der Waals surface area contributed by atoms with Gasteiger partial charge in [-0.15, -0.1) is 23.2 Å². The number of halogens is 5. The van der Waals surface area contributed by atoms with Gasteiger partial charge in [-0.3, -0.25) is 28.8 Å². The van der Waals surface area contributed by atoms with E-state index in [1.54, 1.807) is 24.3 Å². The largest absolute Gasteiger partial charge is 0.473 e. The summed E-state index contributed by atoms with van der Waals surface area (Å²) in [6.07, 6.45) is 1.05. The van der Waals surface area contributed by atoms with E-state index in [1.807, 2.05) is 24.3 Å². The number of alkyl halides is 3. The number of para-hydroxylation sites is 2. The third-order valence-electron chi connectivity index (χ3n) is 9.29. The number of rotatable bonds is 20. The van der Waals surface area contributed by atoms with Crippen LogP contribution < -0.4 is 26.0 Å². The Morgan fingerprint density at radius 1 is 0.576 bits per heavy atom. The normalized spacial score (nSPS) is 12.5. The summed E-state index contributed by atoms with van der Waals surface area (Å²) >= 11 is 30.7. The number of Topliss-reactive ketones (excluding diaryl/α,β-unsaturated/α-hetero) is 2. The summed E-state index contributed by atoms with van der Waals surface area (Å²) in [6.45, 7) is 3.81. The molecule has 0 spiro atoms. The molecule has 15 nitrogen and oxygen atoms in total. The number of nitrogens with zero attached hydrogens (tertiary/aromatic N) is 4. The van der Waals surface area contributed by atoms with Gasteiger partial charge < -0.3 is 26.0 Å². The minimum atomic E-state index is -1.65. The molecular formula is C46H41Cl5N8O7. The van der Waals surface area contributed by atoms with E-state index < -0.39 is 52.8 Å². The van der Waals surface area contributed by atoms with Crippen molar-refractivity contribution in [2.75, 3.05) is 33.0 Å². The van der Waals surface area contributed by atoms with Gasteiger partial charge in [0.2, 0.25) is 12.1 Å². The first-order valence-electron chi connectivity index (χ1n) is 20.0. The van der Waals surface area contributed by atoms with Crippen LogP contribution in [-0.2, 0) is 32.0 Å². The van der Waals surface area contributed by atoms with Gasteiger partial charge >= 0.3 is 0 Å². The molecule has 0 saturated heterocycles. The summed E-state index contributed by atoms with van der Waals surface area (Å²) in [5.41, 5.74) is 2.38. The van der Waals surface area contributed by atoms with Gasteiger partial charge in [0, 0.05) is 34.9 Å². The van der Waals surface area contributed by atoms with Gasteiger partial charge in [0.15, 0.2) is 17.1 Å². The number of carbonyl (C=O) groups is 6. The molecule has 0 aromatic heterocycles. The van der Waals surface area contributed by atoms with Crippen molar-refractivity contribution in [3.8, 4) is 5.75 Å². The quantitative estimate of drug-likeness (QED) is 0.0336. The fourth-order valence-electron chi connectivity index (χ4n) is 6.08. The summed E-state index contributed by atoms with van der Waals surface area (Å²) in [5.74, 6) is -3.46. The second kappa shape index (κ2) is 24.3. The zero-order valence-corrected chi connectivity index (χ0v) is 39.2. The number of carbonyl (C=O) groups excluding carboxylic acids is 6. The molecule has 5 aromatic rings. The van der Waals surface area contributed by atoms with Crippen LogP contribution in [0.5, 0.6) is 5.75 Å². The minimum Gasteiger partial charge on any atom is -0.473 e. The van der Waals surface area contributed by atoms with E-state index >= 15 is 0 Å². The van der Waals surface area contributed by atoms with Crippen molar-refractivity contribution in [3.63, 3.8) is 0 Å².